The van der Waals surface area contributed by atoms with Gasteiger partial charge in [-0.05, 0) is 36.6 Å². The van der Waals surface area contributed by atoms with Crippen LogP contribution in [-0.2, 0) is 6.54 Å². The van der Waals surface area contributed by atoms with Crippen LogP contribution < -0.4 is 5.32 Å². The molecule has 17 heavy (non-hydrogen) atoms. The number of halogens is 2. The van der Waals surface area contributed by atoms with E-state index in [1.807, 2.05) is 0 Å². The van der Waals surface area contributed by atoms with Gasteiger partial charge in [-0.25, -0.2) is 4.39 Å². The molecule has 1 N–H and O–H groups in total. The van der Waals surface area contributed by atoms with E-state index >= 15 is 0 Å². The lowest BCUT2D eigenvalue weighted by atomic mass is 9.95. The van der Waals surface area contributed by atoms with Gasteiger partial charge in [0.2, 0.25) is 0 Å². The highest BCUT2D eigenvalue weighted by atomic mass is 35.5. The van der Waals surface area contributed by atoms with Gasteiger partial charge in [0.25, 0.3) is 0 Å². The summed E-state index contributed by atoms with van der Waals surface area (Å²) in [6, 6.07) is 5.09. The van der Waals surface area contributed by atoms with Crippen LogP contribution in [0.15, 0.2) is 18.2 Å². The SMILES string of the molecule is CCC(CC)C(C)NCc1cc(F)cc(Cl)c1. The van der Waals surface area contributed by atoms with Gasteiger partial charge in [-0.15, -0.1) is 0 Å². The van der Waals surface area contributed by atoms with Crippen molar-refractivity contribution in [1.82, 2.24) is 5.32 Å². The van der Waals surface area contributed by atoms with E-state index in [1.165, 1.54) is 12.1 Å². The second-order valence-corrected chi connectivity index (χ2v) is 4.96. The molecule has 0 amide bonds. The lowest BCUT2D eigenvalue weighted by Gasteiger charge is -2.22. The molecular weight excluding hydrogens is 237 g/mol. The van der Waals surface area contributed by atoms with Crippen molar-refractivity contribution in [3.8, 4) is 0 Å². The monoisotopic (exact) mass is 257 g/mol. The first kappa shape index (κ1) is 14.5. The van der Waals surface area contributed by atoms with Gasteiger partial charge in [0.1, 0.15) is 5.82 Å². The summed E-state index contributed by atoms with van der Waals surface area (Å²) in [4.78, 5) is 0. The van der Waals surface area contributed by atoms with Crippen LogP contribution in [0.25, 0.3) is 0 Å². The molecule has 1 rings (SSSR count). The highest BCUT2D eigenvalue weighted by molar-refractivity contribution is 6.30. The maximum Gasteiger partial charge on any atom is 0.125 e. The zero-order valence-electron chi connectivity index (χ0n) is 10.8. The Bertz CT molecular complexity index is 330. The average Bonchev–Trinajstić information content (AvgIpc) is 2.27. The first-order valence-electron chi connectivity index (χ1n) is 6.25. The molecule has 1 aromatic rings. The third-order valence-electron chi connectivity index (χ3n) is 3.31. The highest BCUT2D eigenvalue weighted by Crippen LogP contribution is 2.16. The van der Waals surface area contributed by atoms with Gasteiger partial charge in [-0.2, -0.15) is 0 Å². The Hall–Kier alpha value is -0.600. The molecule has 0 aliphatic carbocycles. The largest absolute Gasteiger partial charge is 0.310 e. The summed E-state index contributed by atoms with van der Waals surface area (Å²) in [6.45, 7) is 7.24. The van der Waals surface area contributed by atoms with Crippen LogP contribution in [0.2, 0.25) is 5.02 Å². The number of rotatable bonds is 6. The summed E-state index contributed by atoms with van der Waals surface area (Å²) in [5.41, 5.74) is 0.896. The van der Waals surface area contributed by atoms with Gasteiger partial charge < -0.3 is 5.32 Å². The van der Waals surface area contributed by atoms with Gasteiger partial charge in [0.05, 0.1) is 0 Å². The van der Waals surface area contributed by atoms with Gasteiger partial charge in [0.15, 0.2) is 0 Å². The van der Waals surface area contributed by atoms with Gasteiger partial charge in [0, 0.05) is 17.6 Å². The summed E-state index contributed by atoms with van der Waals surface area (Å²) in [5, 5.41) is 3.89. The van der Waals surface area contributed by atoms with E-state index < -0.39 is 0 Å². The molecule has 0 saturated heterocycles. The fraction of sp³-hybridized carbons (Fsp3) is 0.571. The molecule has 1 aromatic carbocycles. The predicted molar refractivity (Wildman–Crippen MR) is 71.8 cm³/mol. The van der Waals surface area contributed by atoms with E-state index in [0.717, 1.165) is 18.4 Å². The smallest absolute Gasteiger partial charge is 0.125 e. The number of hydrogen-bond acceptors (Lipinski definition) is 1. The molecule has 0 aliphatic rings. The summed E-state index contributed by atoms with van der Waals surface area (Å²) >= 11 is 5.81. The molecule has 1 unspecified atom stereocenters. The minimum atomic E-state index is -0.274. The van der Waals surface area contributed by atoms with E-state index in [1.54, 1.807) is 6.07 Å². The molecule has 0 aromatic heterocycles. The van der Waals surface area contributed by atoms with Crippen molar-refractivity contribution in [2.45, 2.75) is 46.2 Å². The van der Waals surface area contributed by atoms with Crippen molar-refractivity contribution in [1.29, 1.82) is 0 Å². The summed E-state index contributed by atoms with van der Waals surface area (Å²) < 4.78 is 13.1. The Balaban J connectivity index is 2.55. The third-order valence-corrected chi connectivity index (χ3v) is 3.52. The molecular formula is C14H21ClFN. The molecule has 0 spiro atoms. The van der Waals surface area contributed by atoms with Crippen LogP contribution in [0.1, 0.15) is 39.2 Å². The van der Waals surface area contributed by atoms with Crippen LogP contribution in [0, 0.1) is 11.7 Å². The fourth-order valence-electron chi connectivity index (χ4n) is 2.15. The van der Waals surface area contributed by atoms with E-state index in [9.17, 15) is 4.39 Å². The van der Waals surface area contributed by atoms with E-state index in [2.05, 4.69) is 26.1 Å². The number of nitrogens with one attached hydrogen (secondary N) is 1. The molecule has 0 heterocycles. The van der Waals surface area contributed by atoms with Gasteiger partial charge >= 0.3 is 0 Å². The van der Waals surface area contributed by atoms with Gasteiger partial charge in [-0.1, -0.05) is 38.3 Å². The summed E-state index contributed by atoms with van der Waals surface area (Å²) in [5.74, 6) is 0.392. The Labute approximate surface area is 108 Å². The first-order valence-corrected chi connectivity index (χ1v) is 6.63. The molecule has 0 aliphatic heterocycles. The van der Waals surface area contributed by atoms with Crippen LogP contribution in [0.5, 0.6) is 0 Å². The first-order chi connectivity index (χ1) is 8.06. The Morgan fingerprint density at radius 1 is 1.24 bits per heavy atom. The van der Waals surface area contributed by atoms with Gasteiger partial charge in [-0.3, -0.25) is 0 Å². The molecule has 3 heteroatoms. The molecule has 0 fully saturated rings. The third kappa shape index (κ3) is 4.64. The number of benzene rings is 1. The quantitative estimate of drug-likeness (QED) is 0.797. The van der Waals surface area contributed by atoms with E-state index in [-0.39, 0.29) is 5.82 Å². The zero-order chi connectivity index (χ0) is 12.8. The molecule has 1 atom stereocenters. The lowest BCUT2D eigenvalue weighted by Crippen LogP contribution is -2.32. The molecule has 96 valence electrons. The Morgan fingerprint density at radius 2 is 1.88 bits per heavy atom. The van der Waals surface area contributed by atoms with Crippen LogP contribution in [0.3, 0.4) is 0 Å². The standard InChI is InChI=1S/C14H21ClFN/c1-4-12(5-2)10(3)17-9-11-6-13(15)8-14(16)7-11/h6-8,10,12,17H,4-5,9H2,1-3H3. The number of hydrogen-bond donors (Lipinski definition) is 1. The molecule has 0 bridgehead atoms. The minimum Gasteiger partial charge on any atom is -0.310 e. The minimum absolute atomic E-state index is 0.274. The second-order valence-electron chi connectivity index (χ2n) is 4.52. The van der Waals surface area contributed by atoms with E-state index in [0.29, 0.717) is 23.5 Å². The summed E-state index contributed by atoms with van der Waals surface area (Å²) in [7, 11) is 0. The molecule has 0 saturated carbocycles. The van der Waals surface area contributed by atoms with Crippen molar-refractivity contribution < 1.29 is 4.39 Å². The molecule has 0 radical (unpaired) electrons. The van der Waals surface area contributed by atoms with Crippen molar-refractivity contribution in [3.05, 3.63) is 34.6 Å². The van der Waals surface area contributed by atoms with Crippen LogP contribution in [0.4, 0.5) is 4.39 Å². The van der Waals surface area contributed by atoms with Crippen LogP contribution >= 0.6 is 11.6 Å². The maximum absolute atomic E-state index is 13.1. The van der Waals surface area contributed by atoms with Crippen molar-refractivity contribution in [3.63, 3.8) is 0 Å². The fourth-order valence-corrected chi connectivity index (χ4v) is 2.40. The van der Waals surface area contributed by atoms with Crippen molar-refractivity contribution in [2.75, 3.05) is 0 Å². The lowest BCUT2D eigenvalue weighted by molar-refractivity contribution is 0.353. The van der Waals surface area contributed by atoms with Crippen molar-refractivity contribution in [2.24, 2.45) is 5.92 Å². The predicted octanol–water partition coefficient (Wildman–Crippen LogP) is 4.39. The average molecular weight is 258 g/mol. The second kappa shape index (κ2) is 6.97. The summed E-state index contributed by atoms with van der Waals surface area (Å²) in [6.07, 6.45) is 2.32. The topological polar surface area (TPSA) is 12.0 Å². The normalized spacial score (nSPS) is 13.1. The zero-order valence-corrected chi connectivity index (χ0v) is 11.5. The van der Waals surface area contributed by atoms with Crippen molar-refractivity contribution >= 4 is 11.6 Å². The maximum atomic E-state index is 13.1. The molecule has 1 nitrogen and oxygen atoms in total. The van der Waals surface area contributed by atoms with Crippen LogP contribution in [-0.4, -0.2) is 6.04 Å². The Morgan fingerprint density at radius 3 is 2.41 bits per heavy atom. The highest BCUT2D eigenvalue weighted by Gasteiger charge is 2.12. The Kier molecular flexibility index (Phi) is 5.93. The van der Waals surface area contributed by atoms with E-state index in [4.69, 9.17) is 11.6 Å².